The first-order valence-corrected chi connectivity index (χ1v) is 6.10. The molecule has 1 aromatic heterocycles. The summed E-state index contributed by atoms with van der Waals surface area (Å²) in [5, 5.41) is 6.84. The van der Waals surface area contributed by atoms with Gasteiger partial charge in [0.2, 0.25) is 0 Å². The highest BCUT2D eigenvalue weighted by atomic mass is 32.1. The number of nitrogens with one attached hydrogen (secondary N) is 2. The van der Waals surface area contributed by atoms with Gasteiger partial charge < -0.3 is 10.7 Å². The zero-order chi connectivity index (χ0) is 12.1. The molecule has 0 aliphatic carbocycles. The second kappa shape index (κ2) is 5.47. The summed E-state index contributed by atoms with van der Waals surface area (Å²) >= 11 is 1.61. The number of carbonyl (C=O) groups is 1. The summed E-state index contributed by atoms with van der Waals surface area (Å²) in [7, 11) is 0. The van der Waals surface area contributed by atoms with Crippen LogP contribution >= 0.6 is 11.3 Å². The van der Waals surface area contributed by atoms with E-state index in [0.717, 1.165) is 5.56 Å². The Morgan fingerprint density at radius 3 is 2.82 bits per heavy atom. The van der Waals surface area contributed by atoms with Crippen molar-refractivity contribution in [2.45, 2.75) is 6.54 Å². The van der Waals surface area contributed by atoms with Gasteiger partial charge in [0, 0.05) is 6.54 Å². The van der Waals surface area contributed by atoms with Crippen molar-refractivity contribution in [3.63, 3.8) is 0 Å². The number of carbonyl (C=O) groups excluding carboxylic acids is 1. The summed E-state index contributed by atoms with van der Waals surface area (Å²) in [6.07, 6.45) is 0. The van der Waals surface area contributed by atoms with Crippen LogP contribution in [0.4, 0.5) is 5.69 Å². The van der Waals surface area contributed by atoms with Crippen LogP contribution in [0.15, 0.2) is 41.1 Å². The van der Waals surface area contributed by atoms with Gasteiger partial charge in [-0.3, -0.25) is 10.6 Å². The molecule has 0 fully saturated rings. The lowest BCUT2D eigenvalue weighted by Gasteiger charge is -2.08. The molecule has 0 aliphatic heterocycles. The minimum atomic E-state index is -0.134. The lowest BCUT2D eigenvalue weighted by molar-refractivity contribution is 0.0951. The third-order valence-electron chi connectivity index (χ3n) is 2.36. The van der Waals surface area contributed by atoms with Crippen molar-refractivity contribution in [3.05, 3.63) is 52.2 Å². The number of amides is 1. The summed E-state index contributed by atoms with van der Waals surface area (Å²) in [6, 6.07) is 9.11. The summed E-state index contributed by atoms with van der Waals surface area (Å²) in [5.74, 6) is 5.22. The topological polar surface area (TPSA) is 67.1 Å². The second-order valence-corrected chi connectivity index (χ2v) is 4.28. The smallest absolute Gasteiger partial charge is 0.253 e. The lowest BCUT2D eigenvalue weighted by atomic mass is 10.1. The van der Waals surface area contributed by atoms with Crippen molar-refractivity contribution >= 4 is 22.9 Å². The van der Waals surface area contributed by atoms with Gasteiger partial charge in [-0.25, -0.2) is 0 Å². The Morgan fingerprint density at radius 1 is 1.29 bits per heavy atom. The standard InChI is InChI=1S/C12H13N3OS/c13-15-11-4-2-1-3-10(11)12(16)14-7-9-5-6-17-8-9/h1-6,8,15H,7,13H2,(H,14,16). The zero-order valence-corrected chi connectivity index (χ0v) is 9.96. The van der Waals surface area contributed by atoms with Gasteiger partial charge in [0.25, 0.3) is 5.91 Å². The first-order chi connectivity index (χ1) is 8.31. The van der Waals surface area contributed by atoms with Crippen LogP contribution in [0.3, 0.4) is 0 Å². The Kier molecular flexibility index (Phi) is 3.74. The normalized spacial score (nSPS) is 9.94. The van der Waals surface area contributed by atoms with Crippen molar-refractivity contribution < 1.29 is 4.79 Å². The second-order valence-electron chi connectivity index (χ2n) is 3.50. The molecular weight excluding hydrogens is 234 g/mol. The van der Waals surface area contributed by atoms with E-state index in [2.05, 4.69) is 10.7 Å². The van der Waals surface area contributed by atoms with Gasteiger partial charge in [-0.05, 0) is 34.5 Å². The van der Waals surface area contributed by atoms with E-state index in [1.54, 1.807) is 29.5 Å². The number of hydrogen-bond donors (Lipinski definition) is 3. The van der Waals surface area contributed by atoms with Crippen molar-refractivity contribution in [1.82, 2.24) is 5.32 Å². The molecule has 0 unspecified atom stereocenters. The van der Waals surface area contributed by atoms with Gasteiger partial charge in [-0.2, -0.15) is 11.3 Å². The zero-order valence-electron chi connectivity index (χ0n) is 9.14. The van der Waals surface area contributed by atoms with Gasteiger partial charge in [0.1, 0.15) is 0 Å². The molecule has 0 bridgehead atoms. The third kappa shape index (κ3) is 2.83. The highest BCUT2D eigenvalue weighted by molar-refractivity contribution is 7.07. The SMILES string of the molecule is NNc1ccccc1C(=O)NCc1ccsc1. The Balaban J connectivity index is 2.04. The number of benzene rings is 1. The van der Waals surface area contributed by atoms with Crippen LogP contribution < -0.4 is 16.6 Å². The molecule has 0 spiro atoms. The lowest BCUT2D eigenvalue weighted by Crippen LogP contribution is -2.24. The maximum Gasteiger partial charge on any atom is 0.253 e. The third-order valence-corrected chi connectivity index (χ3v) is 3.09. The molecule has 1 amide bonds. The number of para-hydroxylation sites is 1. The van der Waals surface area contributed by atoms with Crippen molar-refractivity contribution in [1.29, 1.82) is 0 Å². The first-order valence-electron chi connectivity index (χ1n) is 5.16. The molecule has 88 valence electrons. The molecular formula is C12H13N3OS. The predicted molar refractivity (Wildman–Crippen MR) is 69.7 cm³/mol. The Bertz CT molecular complexity index is 496. The molecule has 0 saturated carbocycles. The number of hydrogen-bond acceptors (Lipinski definition) is 4. The first kappa shape index (κ1) is 11.6. The van der Waals surface area contributed by atoms with E-state index >= 15 is 0 Å². The molecule has 0 saturated heterocycles. The van der Waals surface area contributed by atoms with Crippen LogP contribution in [0, 0.1) is 0 Å². The van der Waals surface area contributed by atoms with E-state index in [9.17, 15) is 4.79 Å². The van der Waals surface area contributed by atoms with E-state index in [4.69, 9.17) is 5.84 Å². The largest absolute Gasteiger partial charge is 0.348 e. The van der Waals surface area contributed by atoms with E-state index in [-0.39, 0.29) is 5.91 Å². The van der Waals surface area contributed by atoms with Crippen LogP contribution in [0.25, 0.3) is 0 Å². The van der Waals surface area contributed by atoms with Crippen LogP contribution in [0.5, 0.6) is 0 Å². The van der Waals surface area contributed by atoms with E-state index in [1.807, 2.05) is 22.9 Å². The van der Waals surface area contributed by atoms with Gasteiger partial charge in [-0.1, -0.05) is 12.1 Å². The quantitative estimate of drug-likeness (QED) is 0.571. The molecule has 17 heavy (non-hydrogen) atoms. The average Bonchev–Trinajstić information content (AvgIpc) is 2.89. The molecule has 4 N–H and O–H groups in total. The van der Waals surface area contributed by atoms with Gasteiger partial charge in [0.15, 0.2) is 0 Å². The monoisotopic (exact) mass is 247 g/mol. The molecule has 1 heterocycles. The van der Waals surface area contributed by atoms with Crippen LogP contribution in [-0.4, -0.2) is 5.91 Å². The number of nitrogen functional groups attached to an aromatic ring is 1. The number of hydrazine groups is 1. The number of thiophene rings is 1. The molecule has 4 nitrogen and oxygen atoms in total. The number of anilines is 1. The molecule has 2 rings (SSSR count). The van der Waals surface area contributed by atoms with Crippen LogP contribution in [0.2, 0.25) is 0 Å². The van der Waals surface area contributed by atoms with Gasteiger partial charge >= 0.3 is 0 Å². The Morgan fingerprint density at radius 2 is 2.12 bits per heavy atom. The fourth-order valence-corrected chi connectivity index (χ4v) is 2.15. The molecule has 0 aliphatic rings. The van der Waals surface area contributed by atoms with E-state index in [0.29, 0.717) is 17.8 Å². The number of rotatable bonds is 4. The van der Waals surface area contributed by atoms with Gasteiger partial charge in [-0.15, -0.1) is 0 Å². The highest BCUT2D eigenvalue weighted by Gasteiger charge is 2.09. The Hall–Kier alpha value is -1.85. The molecule has 0 atom stereocenters. The maximum atomic E-state index is 11.9. The molecule has 5 heteroatoms. The van der Waals surface area contributed by atoms with Gasteiger partial charge in [0.05, 0.1) is 11.3 Å². The van der Waals surface area contributed by atoms with Crippen LogP contribution in [-0.2, 0) is 6.54 Å². The minimum Gasteiger partial charge on any atom is -0.348 e. The van der Waals surface area contributed by atoms with E-state index in [1.165, 1.54) is 0 Å². The molecule has 0 radical (unpaired) electrons. The molecule has 2 aromatic rings. The summed E-state index contributed by atoms with van der Waals surface area (Å²) in [5.41, 5.74) is 4.78. The summed E-state index contributed by atoms with van der Waals surface area (Å²) in [4.78, 5) is 11.9. The average molecular weight is 247 g/mol. The fourth-order valence-electron chi connectivity index (χ4n) is 1.48. The van der Waals surface area contributed by atoms with E-state index < -0.39 is 0 Å². The maximum absolute atomic E-state index is 11.9. The summed E-state index contributed by atoms with van der Waals surface area (Å²) < 4.78 is 0. The summed E-state index contributed by atoms with van der Waals surface area (Å²) in [6.45, 7) is 0.529. The predicted octanol–water partition coefficient (Wildman–Crippen LogP) is 1.96. The van der Waals surface area contributed by atoms with Crippen molar-refractivity contribution in [2.75, 3.05) is 5.43 Å². The minimum absolute atomic E-state index is 0.134. The Labute approximate surface area is 103 Å². The van der Waals surface area contributed by atoms with Crippen molar-refractivity contribution in [3.8, 4) is 0 Å². The molecule has 1 aromatic carbocycles. The highest BCUT2D eigenvalue weighted by Crippen LogP contribution is 2.13. The van der Waals surface area contributed by atoms with Crippen LogP contribution in [0.1, 0.15) is 15.9 Å². The van der Waals surface area contributed by atoms with Crippen molar-refractivity contribution in [2.24, 2.45) is 5.84 Å². The fraction of sp³-hybridized carbons (Fsp3) is 0.0833. The number of nitrogens with two attached hydrogens (primary N) is 1.